The fourth-order valence-electron chi connectivity index (χ4n) is 1.77. The molecule has 1 aliphatic heterocycles. The first kappa shape index (κ1) is 9.06. The molecule has 0 unspecified atom stereocenters. The maximum Gasteiger partial charge on any atom is 0.241 e. The van der Waals surface area contributed by atoms with Crippen LogP contribution in [-0.2, 0) is 11.2 Å². The number of fused-ring (bicyclic) bond motifs is 1. The Balaban J connectivity index is 2.45. The minimum Gasteiger partial charge on any atom is -0.286 e. The molecule has 1 aromatic carbocycles. The summed E-state index contributed by atoms with van der Waals surface area (Å²) in [7, 11) is 3.73. The molecule has 0 bridgehead atoms. The van der Waals surface area contributed by atoms with Gasteiger partial charge < -0.3 is 0 Å². The molecule has 1 aliphatic rings. The molecule has 0 saturated heterocycles. The van der Waals surface area contributed by atoms with E-state index in [0.717, 1.165) is 12.1 Å². The maximum absolute atomic E-state index is 11.6. The predicted octanol–water partition coefficient (Wildman–Crippen LogP) is 1.44. The number of anilines is 1. The minimum absolute atomic E-state index is 0.170. The van der Waals surface area contributed by atoms with E-state index in [1.54, 1.807) is 5.01 Å². The Labute approximate surface area is 83.9 Å². The van der Waals surface area contributed by atoms with Crippen molar-refractivity contribution in [3.63, 3.8) is 0 Å². The van der Waals surface area contributed by atoms with Gasteiger partial charge in [-0.25, -0.2) is 0 Å². The Morgan fingerprint density at radius 2 is 1.79 bits per heavy atom. The van der Waals surface area contributed by atoms with Crippen molar-refractivity contribution >= 4 is 11.6 Å². The van der Waals surface area contributed by atoms with E-state index >= 15 is 0 Å². The van der Waals surface area contributed by atoms with Gasteiger partial charge in [0.2, 0.25) is 5.91 Å². The highest BCUT2D eigenvalue weighted by atomic mass is 16.2. The summed E-state index contributed by atoms with van der Waals surface area (Å²) in [6.45, 7) is 0. The summed E-state index contributed by atoms with van der Waals surface area (Å²) in [4.78, 5) is 11.6. The number of para-hydroxylation sites is 1. The third kappa shape index (κ3) is 1.35. The predicted molar refractivity (Wildman–Crippen MR) is 55.9 cm³/mol. The van der Waals surface area contributed by atoms with E-state index in [9.17, 15) is 4.79 Å². The average Bonchev–Trinajstić information content (AvgIpc) is 2.32. The topological polar surface area (TPSA) is 23.6 Å². The third-order valence-electron chi connectivity index (χ3n) is 2.76. The summed E-state index contributed by atoms with van der Waals surface area (Å²) >= 11 is 0. The molecule has 1 aromatic rings. The number of rotatable bonds is 0. The standard InChI is InChI=1S/C11H14N2O/c1-12-10-6-4-3-5-9(10)7-8-11(14)13(12)2/h3-6H,7-8H2,1-2H3. The highest BCUT2D eigenvalue weighted by Crippen LogP contribution is 2.24. The number of hydrazine groups is 1. The van der Waals surface area contributed by atoms with Crippen molar-refractivity contribution in [3.05, 3.63) is 29.8 Å². The normalized spacial score (nSPS) is 16.6. The Bertz CT molecular complexity index is 362. The van der Waals surface area contributed by atoms with Gasteiger partial charge in [-0.05, 0) is 18.1 Å². The lowest BCUT2D eigenvalue weighted by atomic mass is 10.1. The highest BCUT2D eigenvalue weighted by molar-refractivity contribution is 5.80. The maximum atomic E-state index is 11.6. The molecule has 74 valence electrons. The first-order chi connectivity index (χ1) is 6.70. The van der Waals surface area contributed by atoms with Gasteiger partial charge in [0.05, 0.1) is 5.69 Å². The van der Waals surface area contributed by atoms with Crippen LogP contribution in [0, 0.1) is 0 Å². The number of benzene rings is 1. The monoisotopic (exact) mass is 190 g/mol. The average molecular weight is 190 g/mol. The lowest BCUT2D eigenvalue weighted by Crippen LogP contribution is -2.40. The van der Waals surface area contributed by atoms with E-state index in [0.29, 0.717) is 6.42 Å². The molecule has 0 radical (unpaired) electrons. The second kappa shape index (κ2) is 3.33. The zero-order valence-corrected chi connectivity index (χ0v) is 8.53. The molecule has 0 atom stereocenters. The molecule has 1 amide bonds. The van der Waals surface area contributed by atoms with Crippen LogP contribution in [0.15, 0.2) is 24.3 Å². The van der Waals surface area contributed by atoms with Gasteiger partial charge in [-0.15, -0.1) is 0 Å². The van der Waals surface area contributed by atoms with Crippen LogP contribution in [0.25, 0.3) is 0 Å². The van der Waals surface area contributed by atoms with Crippen molar-refractivity contribution < 1.29 is 4.79 Å². The van der Waals surface area contributed by atoms with E-state index in [1.165, 1.54) is 5.56 Å². The van der Waals surface area contributed by atoms with E-state index in [4.69, 9.17) is 0 Å². The quantitative estimate of drug-likeness (QED) is 0.618. The van der Waals surface area contributed by atoms with Crippen LogP contribution >= 0.6 is 0 Å². The molecule has 0 aromatic heterocycles. The number of nitrogens with zero attached hydrogens (tertiary/aromatic N) is 2. The van der Waals surface area contributed by atoms with Crippen LogP contribution in [0.2, 0.25) is 0 Å². The smallest absolute Gasteiger partial charge is 0.241 e. The van der Waals surface area contributed by atoms with Crippen molar-refractivity contribution in [2.75, 3.05) is 19.1 Å². The van der Waals surface area contributed by atoms with E-state index < -0.39 is 0 Å². The molecule has 3 heteroatoms. The van der Waals surface area contributed by atoms with Gasteiger partial charge in [0.15, 0.2) is 0 Å². The van der Waals surface area contributed by atoms with Gasteiger partial charge in [0.1, 0.15) is 0 Å². The second-order valence-corrected chi connectivity index (χ2v) is 3.57. The molecule has 14 heavy (non-hydrogen) atoms. The van der Waals surface area contributed by atoms with Crippen LogP contribution in [0.5, 0.6) is 0 Å². The van der Waals surface area contributed by atoms with E-state index in [-0.39, 0.29) is 5.91 Å². The summed E-state index contributed by atoms with van der Waals surface area (Å²) in [5, 5.41) is 3.58. The number of carbonyl (C=O) groups excluding carboxylic acids is 1. The van der Waals surface area contributed by atoms with Crippen molar-refractivity contribution in [1.29, 1.82) is 0 Å². The van der Waals surface area contributed by atoms with Crippen molar-refractivity contribution in [3.8, 4) is 0 Å². The van der Waals surface area contributed by atoms with Gasteiger partial charge in [0, 0.05) is 20.5 Å². The molecular formula is C11H14N2O. The van der Waals surface area contributed by atoms with Crippen LogP contribution in [0.4, 0.5) is 5.69 Å². The molecule has 2 rings (SSSR count). The van der Waals surface area contributed by atoms with Gasteiger partial charge >= 0.3 is 0 Å². The summed E-state index contributed by atoms with van der Waals surface area (Å²) < 4.78 is 0. The third-order valence-corrected chi connectivity index (χ3v) is 2.76. The SMILES string of the molecule is CN1C(=O)CCc2ccccc2N1C. The lowest BCUT2D eigenvalue weighted by molar-refractivity contribution is -0.129. The van der Waals surface area contributed by atoms with Gasteiger partial charge in [-0.1, -0.05) is 18.2 Å². The van der Waals surface area contributed by atoms with Crippen LogP contribution in [0.3, 0.4) is 0 Å². The van der Waals surface area contributed by atoms with Crippen LogP contribution in [-0.4, -0.2) is 25.0 Å². The minimum atomic E-state index is 0.170. The molecule has 0 saturated carbocycles. The number of aryl methyl sites for hydroxylation is 1. The fourth-order valence-corrected chi connectivity index (χ4v) is 1.77. The van der Waals surface area contributed by atoms with E-state index in [1.807, 2.05) is 37.3 Å². The molecule has 0 aliphatic carbocycles. The Kier molecular flexibility index (Phi) is 2.15. The summed E-state index contributed by atoms with van der Waals surface area (Å²) in [6.07, 6.45) is 1.43. The number of carbonyl (C=O) groups is 1. The van der Waals surface area contributed by atoms with Crippen molar-refractivity contribution in [2.24, 2.45) is 0 Å². The Morgan fingerprint density at radius 1 is 1.07 bits per heavy atom. The second-order valence-electron chi connectivity index (χ2n) is 3.57. The Morgan fingerprint density at radius 3 is 2.57 bits per heavy atom. The first-order valence-corrected chi connectivity index (χ1v) is 4.78. The van der Waals surface area contributed by atoms with Gasteiger partial charge in [-0.2, -0.15) is 0 Å². The molecular weight excluding hydrogens is 176 g/mol. The Hall–Kier alpha value is -1.51. The largest absolute Gasteiger partial charge is 0.286 e. The van der Waals surface area contributed by atoms with Crippen molar-refractivity contribution in [2.45, 2.75) is 12.8 Å². The molecule has 0 fully saturated rings. The zero-order chi connectivity index (χ0) is 10.1. The fraction of sp³-hybridized carbons (Fsp3) is 0.364. The lowest BCUT2D eigenvalue weighted by Gasteiger charge is -2.28. The van der Waals surface area contributed by atoms with Crippen LogP contribution < -0.4 is 5.01 Å². The highest BCUT2D eigenvalue weighted by Gasteiger charge is 2.20. The molecule has 0 spiro atoms. The molecule has 0 N–H and O–H groups in total. The number of hydrogen-bond acceptors (Lipinski definition) is 2. The zero-order valence-electron chi connectivity index (χ0n) is 8.53. The summed E-state index contributed by atoms with van der Waals surface area (Å²) in [6, 6.07) is 8.14. The van der Waals surface area contributed by atoms with E-state index in [2.05, 4.69) is 6.07 Å². The van der Waals surface area contributed by atoms with Crippen molar-refractivity contribution in [1.82, 2.24) is 5.01 Å². The molecule has 3 nitrogen and oxygen atoms in total. The molecule has 1 heterocycles. The summed E-state index contributed by atoms with van der Waals surface area (Å²) in [5.74, 6) is 0.170. The number of hydrogen-bond donors (Lipinski definition) is 0. The van der Waals surface area contributed by atoms with Crippen LogP contribution in [0.1, 0.15) is 12.0 Å². The first-order valence-electron chi connectivity index (χ1n) is 4.78. The van der Waals surface area contributed by atoms with Gasteiger partial charge in [0.25, 0.3) is 0 Å². The van der Waals surface area contributed by atoms with Gasteiger partial charge in [-0.3, -0.25) is 14.8 Å². The summed E-state index contributed by atoms with van der Waals surface area (Å²) in [5.41, 5.74) is 2.37. The number of amides is 1.